The van der Waals surface area contributed by atoms with E-state index in [1.54, 1.807) is 21.0 Å². The Labute approximate surface area is 110 Å². The average Bonchev–Trinajstić information content (AvgIpc) is 2.29. The highest BCUT2D eigenvalue weighted by molar-refractivity contribution is 7.89. The fraction of sp³-hybridized carbons (Fsp3) is 0.909. The highest BCUT2D eigenvalue weighted by Gasteiger charge is 2.31. The molecule has 0 aromatic rings. The molecule has 0 aliphatic heterocycles. The summed E-state index contributed by atoms with van der Waals surface area (Å²) < 4.78 is 25.9. The fourth-order valence-corrected chi connectivity index (χ4v) is 3.36. The second-order valence-corrected chi connectivity index (χ2v) is 6.65. The summed E-state index contributed by atoms with van der Waals surface area (Å²) in [6.45, 7) is 3.98. The molecule has 0 radical (unpaired) electrons. The number of carbonyl (C=O) groups excluding carboxylic acids is 1. The Morgan fingerprint density at radius 1 is 1.28 bits per heavy atom. The predicted molar refractivity (Wildman–Crippen MR) is 72.6 cm³/mol. The van der Waals surface area contributed by atoms with Crippen molar-refractivity contribution in [2.75, 3.05) is 33.7 Å². The SMILES string of the molecule is CCCN(CC(=O)N(C)C)S(=O)(=O)C(CC)CN. The first kappa shape index (κ1) is 17.3. The van der Waals surface area contributed by atoms with Crippen molar-refractivity contribution in [3.63, 3.8) is 0 Å². The van der Waals surface area contributed by atoms with Gasteiger partial charge in [-0.3, -0.25) is 4.79 Å². The molecule has 0 aliphatic carbocycles. The van der Waals surface area contributed by atoms with E-state index in [1.165, 1.54) is 9.21 Å². The zero-order valence-electron chi connectivity index (χ0n) is 11.7. The summed E-state index contributed by atoms with van der Waals surface area (Å²) in [5, 5.41) is -0.612. The van der Waals surface area contributed by atoms with E-state index in [2.05, 4.69) is 0 Å². The van der Waals surface area contributed by atoms with Gasteiger partial charge < -0.3 is 10.6 Å². The fourth-order valence-electron chi connectivity index (χ4n) is 1.55. The Morgan fingerprint density at radius 2 is 1.83 bits per heavy atom. The van der Waals surface area contributed by atoms with Gasteiger partial charge >= 0.3 is 0 Å². The summed E-state index contributed by atoms with van der Waals surface area (Å²) in [7, 11) is -0.272. The number of hydrogen-bond acceptors (Lipinski definition) is 4. The molecule has 108 valence electrons. The summed E-state index contributed by atoms with van der Waals surface area (Å²) in [5.41, 5.74) is 5.49. The minimum Gasteiger partial charge on any atom is -0.348 e. The van der Waals surface area contributed by atoms with Crippen LogP contribution in [0.5, 0.6) is 0 Å². The smallest absolute Gasteiger partial charge is 0.237 e. The van der Waals surface area contributed by atoms with Gasteiger partial charge in [-0.15, -0.1) is 0 Å². The van der Waals surface area contributed by atoms with Gasteiger partial charge in [0.15, 0.2) is 0 Å². The van der Waals surface area contributed by atoms with Crippen LogP contribution in [-0.4, -0.2) is 62.5 Å². The molecule has 2 N–H and O–H groups in total. The van der Waals surface area contributed by atoms with E-state index < -0.39 is 15.3 Å². The Morgan fingerprint density at radius 3 is 2.17 bits per heavy atom. The van der Waals surface area contributed by atoms with Crippen LogP contribution >= 0.6 is 0 Å². The highest BCUT2D eigenvalue weighted by atomic mass is 32.2. The lowest BCUT2D eigenvalue weighted by atomic mass is 10.3. The Kier molecular flexibility index (Phi) is 7.42. The first-order valence-electron chi connectivity index (χ1n) is 6.20. The summed E-state index contributed by atoms with van der Waals surface area (Å²) in [4.78, 5) is 13.1. The monoisotopic (exact) mass is 279 g/mol. The van der Waals surface area contributed by atoms with E-state index in [0.717, 1.165) is 0 Å². The van der Waals surface area contributed by atoms with Gasteiger partial charge in [0.25, 0.3) is 0 Å². The predicted octanol–water partition coefficient (Wildman–Crippen LogP) is -0.146. The van der Waals surface area contributed by atoms with Crippen molar-refractivity contribution in [2.45, 2.75) is 31.9 Å². The molecular formula is C11H25N3O3S. The lowest BCUT2D eigenvalue weighted by Crippen LogP contribution is -2.46. The number of amides is 1. The summed E-state index contributed by atoms with van der Waals surface area (Å²) in [6, 6.07) is 0. The molecule has 1 unspecified atom stereocenters. The molecule has 0 spiro atoms. The van der Waals surface area contributed by atoms with Crippen LogP contribution in [0.25, 0.3) is 0 Å². The van der Waals surface area contributed by atoms with E-state index in [4.69, 9.17) is 5.73 Å². The number of sulfonamides is 1. The van der Waals surface area contributed by atoms with Gasteiger partial charge in [0, 0.05) is 27.2 Å². The molecule has 0 rings (SSSR count). The maximum Gasteiger partial charge on any atom is 0.237 e. The number of hydrogen-bond donors (Lipinski definition) is 1. The molecule has 0 bridgehead atoms. The molecule has 1 atom stereocenters. The number of nitrogens with two attached hydrogens (primary N) is 1. The van der Waals surface area contributed by atoms with E-state index in [1.807, 2.05) is 6.92 Å². The maximum absolute atomic E-state index is 12.3. The van der Waals surface area contributed by atoms with Crippen LogP contribution in [0.1, 0.15) is 26.7 Å². The van der Waals surface area contributed by atoms with Crippen molar-refractivity contribution in [1.82, 2.24) is 9.21 Å². The van der Waals surface area contributed by atoms with Crippen LogP contribution in [0.15, 0.2) is 0 Å². The van der Waals surface area contributed by atoms with Gasteiger partial charge in [-0.25, -0.2) is 8.42 Å². The van der Waals surface area contributed by atoms with Gasteiger partial charge in [0.2, 0.25) is 15.9 Å². The normalized spacial score (nSPS) is 13.7. The van der Waals surface area contributed by atoms with Gasteiger partial charge in [-0.05, 0) is 12.8 Å². The number of likely N-dealkylation sites (N-methyl/N-ethyl adjacent to an activating group) is 1. The quantitative estimate of drug-likeness (QED) is 0.670. The van der Waals surface area contributed by atoms with Gasteiger partial charge in [-0.2, -0.15) is 4.31 Å². The minimum atomic E-state index is -3.49. The van der Waals surface area contributed by atoms with Crippen LogP contribution in [-0.2, 0) is 14.8 Å². The molecule has 18 heavy (non-hydrogen) atoms. The Bertz CT molecular complexity index is 351. The molecule has 0 aromatic carbocycles. The number of rotatable bonds is 8. The highest BCUT2D eigenvalue weighted by Crippen LogP contribution is 2.12. The molecular weight excluding hydrogens is 254 g/mol. The third-order valence-corrected chi connectivity index (χ3v) is 5.18. The average molecular weight is 279 g/mol. The molecule has 7 heteroatoms. The number of carbonyl (C=O) groups is 1. The third kappa shape index (κ3) is 4.55. The molecule has 0 fully saturated rings. The van der Waals surface area contributed by atoms with E-state index in [0.29, 0.717) is 19.4 Å². The first-order valence-corrected chi connectivity index (χ1v) is 7.70. The number of nitrogens with zero attached hydrogens (tertiary/aromatic N) is 2. The lowest BCUT2D eigenvalue weighted by molar-refractivity contribution is -0.128. The summed E-state index contributed by atoms with van der Waals surface area (Å²) in [6.07, 6.45) is 1.12. The topological polar surface area (TPSA) is 83.7 Å². The van der Waals surface area contributed by atoms with Gasteiger partial charge in [-0.1, -0.05) is 13.8 Å². The van der Waals surface area contributed by atoms with Crippen molar-refractivity contribution in [3.05, 3.63) is 0 Å². The lowest BCUT2D eigenvalue weighted by Gasteiger charge is -2.26. The molecule has 1 amide bonds. The minimum absolute atomic E-state index is 0.0786. The second-order valence-electron chi connectivity index (χ2n) is 4.43. The Hall–Kier alpha value is -0.660. The first-order chi connectivity index (χ1) is 8.31. The second kappa shape index (κ2) is 7.70. The standard InChI is InChI=1S/C11H25N3O3S/c1-5-7-14(9-11(15)13(3)4)18(16,17)10(6-2)8-12/h10H,5-9,12H2,1-4H3. The third-order valence-electron chi connectivity index (χ3n) is 2.78. The molecule has 6 nitrogen and oxygen atoms in total. The maximum atomic E-state index is 12.3. The van der Waals surface area contributed by atoms with Crippen molar-refractivity contribution in [2.24, 2.45) is 5.73 Å². The van der Waals surface area contributed by atoms with Crippen LogP contribution in [0.3, 0.4) is 0 Å². The van der Waals surface area contributed by atoms with Crippen molar-refractivity contribution < 1.29 is 13.2 Å². The van der Waals surface area contributed by atoms with E-state index in [9.17, 15) is 13.2 Å². The molecule has 0 heterocycles. The summed E-state index contributed by atoms with van der Waals surface area (Å²) >= 11 is 0. The molecule has 0 saturated heterocycles. The van der Waals surface area contributed by atoms with Crippen LogP contribution in [0, 0.1) is 0 Å². The Balaban J connectivity index is 5.04. The van der Waals surface area contributed by atoms with Crippen molar-refractivity contribution in [3.8, 4) is 0 Å². The largest absolute Gasteiger partial charge is 0.348 e. The molecule has 0 saturated carbocycles. The van der Waals surface area contributed by atoms with E-state index >= 15 is 0 Å². The van der Waals surface area contributed by atoms with E-state index in [-0.39, 0.29) is 19.0 Å². The van der Waals surface area contributed by atoms with Crippen LogP contribution in [0.4, 0.5) is 0 Å². The van der Waals surface area contributed by atoms with Crippen molar-refractivity contribution in [1.29, 1.82) is 0 Å². The van der Waals surface area contributed by atoms with Crippen LogP contribution < -0.4 is 5.73 Å². The zero-order chi connectivity index (χ0) is 14.3. The molecule has 0 aliphatic rings. The van der Waals surface area contributed by atoms with Crippen molar-refractivity contribution >= 4 is 15.9 Å². The van der Waals surface area contributed by atoms with Gasteiger partial charge in [0.05, 0.1) is 11.8 Å². The summed E-state index contributed by atoms with van der Waals surface area (Å²) in [5.74, 6) is -0.223. The van der Waals surface area contributed by atoms with Gasteiger partial charge in [0.1, 0.15) is 0 Å². The molecule has 0 aromatic heterocycles. The van der Waals surface area contributed by atoms with Crippen LogP contribution in [0.2, 0.25) is 0 Å². The zero-order valence-corrected chi connectivity index (χ0v) is 12.5.